The Hall–Kier alpha value is -6.01. The highest BCUT2D eigenvalue weighted by Gasteiger charge is 2.50. The minimum Gasteiger partial charge on any atom is -0.507 e. The summed E-state index contributed by atoms with van der Waals surface area (Å²) in [6, 6.07) is 7.64. The number of phenols is 3. The number of aromatic hydroxyl groups is 3. The van der Waals surface area contributed by atoms with Crippen LogP contribution in [0.4, 0.5) is 5.69 Å². The van der Waals surface area contributed by atoms with Crippen LogP contribution in [0.25, 0.3) is 21.0 Å². The summed E-state index contributed by atoms with van der Waals surface area (Å²) in [7, 11) is 3.24. The molecule has 9 atom stereocenters. The van der Waals surface area contributed by atoms with Gasteiger partial charge in [-0.3, -0.25) is 14.4 Å². The standard InChI is InChI=1S/C46H54N4O12S/c1-21-14-13-15-22(2)44(58)48-35-28(20-47-49-45-50(9)29-16-11-12-17-31(29)63-45)39(55)32-33(40(35)56)38(54)26(6)42-34(32)43(57)46(8,62-42)60-19-18-30(59-10)23(3)41(61-27(7)51)25(5)37(53)24(4)36(21)52/h11-21,23-25,30,36-37,41,52-56H,1-10H3,(H,48,58)/b14-13-,19-18-,22-15+,47-20?,49-45?. The van der Waals surface area contributed by atoms with Crippen molar-refractivity contribution < 1.29 is 58.9 Å². The number of phenolic OH excluding ortho intramolecular Hbond substituents is 3. The number of aryl methyl sites for hydroxylation is 1. The number of esters is 1. The number of amides is 1. The Kier molecular flexibility index (Phi) is 13.6. The average molecular weight is 887 g/mol. The molecule has 1 amide bonds. The number of aliphatic hydroxyl groups excluding tert-OH is 2. The summed E-state index contributed by atoms with van der Waals surface area (Å²) in [5.74, 6) is -8.73. The molecule has 0 saturated heterocycles. The summed E-state index contributed by atoms with van der Waals surface area (Å²) < 4.78 is 26.4. The maximum atomic E-state index is 14.5. The summed E-state index contributed by atoms with van der Waals surface area (Å²) in [6.07, 6.45) is 4.55. The number of thiazole rings is 1. The van der Waals surface area contributed by atoms with Crippen LogP contribution in [-0.4, -0.2) is 91.3 Å². The Morgan fingerprint density at radius 1 is 0.968 bits per heavy atom. The zero-order valence-electron chi connectivity index (χ0n) is 36.7. The van der Waals surface area contributed by atoms with Crippen LogP contribution in [0, 0.1) is 30.6 Å². The average Bonchev–Trinajstić information content (AvgIpc) is 3.71. The Morgan fingerprint density at radius 3 is 2.33 bits per heavy atom. The number of carbonyl (C=O) groups excluding carboxylic acids is 3. The van der Waals surface area contributed by atoms with Crippen molar-refractivity contribution in [2.75, 3.05) is 12.4 Å². The van der Waals surface area contributed by atoms with Crippen LogP contribution >= 0.6 is 11.3 Å². The van der Waals surface area contributed by atoms with Crippen molar-refractivity contribution in [1.82, 2.24) is 4.57 Å². The van der Waals surface area contributed by atoms with Gasteiger partial charge in [-0.15, -0.1) is 5.10 Å². The van der Waals surface area contributed by atoms with Crippen molar-refractivity contribution in [3.05, 3.63) is 81.9 Å². The molecule has 0 fully saturated rings. The first kappa shape index (κ1) is 46.5. The first-order chi connectivity index (χ1) is 29.7. The molecule has 3 aliphatic heterocycles. The second kappa shape index (κ2) is 18.4. The maximum Gasteiger partial charge on any atom is 0.312 e. The number of nitrogens with zero attached hydrogens (tertiary/aromatic N) is 3. The van der Waals surface area contributed by atoms with Crippen molar-refractivity contribution in [3.8, 4) is 23.0 Å². The van der Waals surface area contributed by atoms with Crippen molar-refractivity contribution in [1.29, 1.82) is 0 Å². The second-order valence-electron chi connectivity index (χ2n) is 16.4. The molecule has 0 radical (unpaired) electrons. The Morgan fingerprint density at radius 2 is 1.67 bits per heavy atom. The highest BCUT2D eigenvalue weighted by atomic mass is 32.1. The molecule has 3 aliphatic rings. The molecule has 16 nitrogen and oxygen atoms in total. The number of methoxy groups -OCH3 is 1. The van der Waals surface area contributed by atoms with E-state index in [1.165, 1.54) is 64.6 Å². The highest BCUT2D eigenvalue weighted by molar-refractivity contribution is 7.16. The molecular weight excluding hydrogens is 833 g/mol. The largest absolute Gasteiger partial charge is 0.507 e. The second-order valence-corrected chi connectivity index (χ2v) is 17.4. The lowest BCUT2D eigenvalue weighted by Crippen LogP contribution is -2.46. The van der Waals surface area contributed by atoms with Gasteiger partial charge < -0.3 is 54.4 Å². The molecule has 7 rings (SSSR count). The molecular formula is C46H54N4O12S. The lowest BCUT2D eigenvalue weighted by molar-refractivity contribution is -0.160. The predicted octanol–water partition coefficient (Wildman–Crippen LogP) is 6.24. The van der Waals surface area contributed by atoms with Gasteiger partial charge in [-0.05, 0) is 32.1 Å². The third kappa shape index (κ3) is 8.70. The van der Waals surface area contributed by atoms with Crippen LogP contribution in [0.15, 0.2) is 70.6 Å². The number of aliphatic hydroxyl groups is 2. The van der Waals surface area contributed by atoms with Crippen LogP contribution in [-0.2, 0) is 30.8 Å². The van der Waals surface area contributed by atoms with Crippen LogP contribution in [0.2, 0.25) is 0 Å². The van der Waals surface area contributed by atoms with E-state index in [9.17, 15) is 39.9 Å². The molecule has 336 valence electrons. The number of hydrogen-bond donors (Lipinski definition) is 6. The molecule has 6 N–H and O–H groups in total. The van der Waals surface area contributed by atoms with Gasteiger partial charge in [0.1, 0.15) is 23.4 Å². The molecule has 63 heavy (non-hydrogen) atoms. The molecule has 9 unspecified atom stereocenters. The quantitative estimate of drug-likeness (QED) is 0.0440. The molecule has 4 heterocycles. The van der Waals surface area contributed by atoms with Gasteiger partial charge in [0.15, 0.2) is 5.75 Å². The smallest absolute Gasteiger partial charge is 0.312 e. The fourth-order valence-electron chi connectivity index (χ4n) is 8.19. The topological polar surface area (TPSA) is 231 Å². The van der Waals surface area contributed by atoms with Gasteiger partial charge in [-0.25, -0.2) is 0 Å². The molecule has 4 aromatic rings. The Balaban J connectivity index is 1.55. The molecule has 5 bridgehead atoms. The highest BCUT2D eigenvalue weighted by Crippen LogP contribution is 2.55. The van der Waals surface area contributed by atoms with Crippen LogP contribution in [0.1, 0.15) is 70.0 Å². The van der Waals surface area contributed by atoms with Gasteiger partial charge in [-0.2, -0.15) is 5.10 Å². The number of para-hydroxylation sites is 1. The van der Waals surface area contributed by atoms with Crippen LogP contribution in [0.5, 0.6) is 23.0 Å². The van der Waals surface area contributed by atoms with Gasteiger partial charge >= 0.3 is 11.8 Å². The van der Waals surface area contributed by atoms with E-state index in [-0.39, 0.29) is 44.5 Å². The van der Waals surface area contributed by atoms with E-state index >= 15 is 0 Å². The monoisotopic (exact) mass is 886 g/mol. The van der Waals surface area contributed by atoms with E-state index < -0.39 is 88.8 Å². The Bertz CT molecular complexity index is 2660. The number of fused-ring (bicyclic) bond motifs is 15. The predicted molar refractivity (Wildman–Crippen MR) is 238 cm³/mol. The molecule has 0 saturated carbocycles. The van der Waals surface area contributed by atoms with E-state index in [4.69, 9.17) is 18.9 Å². The fraction of sp³-hybridized carbons (Fsp3) is 0.413. The maximum absolute atomic E-state index is 14.5. The fourth-order valence-corrected chi connectivity index (χ4v) is 9.16. The number of allylic oxidation sites excluding steroid dienone is 2. The number of anilines is 1. The van der Waals surface area contributed by atoms with Crippen molar-refractivity contribution >= 4 is 61.9 Å². The van der Waals surface area contributed by atoms with Crippen molar-refractivity contribution in [2.45, 2.75) is 85.6 Å². The van der Waals surface area contributed by atoms with Crippen LogP contribution < -0.4 is 14.9 Å². The van der Waals surface area contributed by atoms with Gasteiger partial charge in [0.05, 0.1) is 63.2 Å². The zero-order valence-corrected chi connectivity index (χ0v) is 37.6. The molecule has 17 heteroatoms. The summed E-state index contributed by atoms with van der Waals surface area (Å²) in [5, 5.41) is 69.3. The number of ketones is 1. The minimum absolute atomic E-state index is 0.0280. The SMILES string of the molecule is COC1/C=C\OC2(C)Oc3c(C)c(O)c4c(O)c(c(C=NN=c5sc6ccccc6n5C)c(O)c4c3C2=O)NC(=O)/C(C)=C/C=C\C(C)C(O)C(C)C(O)C(C)C(OC(C)=O)C1C. The lowest BCUT2D eigenvalue weighted by Gasteiger charge is -2.38. The number of Topliss-reactive ketones (excluding diaryl/α,β-unsaturated/α-hetero) is 1. The van der Waals surface area contributed by atoms with E-state index in [0.29, 0.717) is 4.80 Å². The summed E-state index contributed by atoms with van der Waals surface area (Å²) in [5.41, 5.74) is 0.257. The number of benzene rings is 3. The molecule has 0 aliphatic carbocycles. The van der Waals surface area contributed by atoms with Gasteiger partial charge in [0.2, 0.25) is 4.80 Å². The molecule has 3 aromatic carbocycles. The number of aromatic nitrogens is 1. The third-order valence-corrected chi connectivity index (χ3v) is 13.2. The van der Waals surface area contributed by atoms with Crippen molar-refractivity contribution in [3.63, 3.8) is 0 Å². The van der Waals surface area contributed by atoms with Crippen molar-refractivity contribution in [2.24, 2.45) is 40.9 Å². The first-order valence-electron chi connectivity index (χ1n) is 20.4. The van der Waals surface area contributed by atoms with Gasteiger partial charge in [0.25, 0.3) is 11.7 Å². The number of carbonyl (C=O) groups is 3. The number of ether oxygens (including phenoxy) is 4. The van der Waals surface area contributed by atoms with E-state index in [0.717, 1.165) is 16.4 Å². The van der Waals surface area contributed by atoms with E-state index in [1.807, 2.05) is 35.9 Å². The molecule has 1 aromatic heterocycles. The van der Waals surface area contributed by atoms with Crippen LogP contribution in [0.3, 0.4) is 0 Å². The lowest BCUT2D eigenvalue weighted by atomic mass is 9.78. The third-order valence-electron chi connectivity index (χ3n) is 12.1. The number of rotatable bonds is 4. The van der Waals surface area contributed by atoms with E-state index in [2.05, 4.69) is 15.5 Å². The number of hydrogen-bond acceptors (Lipinski definition) is 15. The summed E-state index contributed by atoms with van der Waals surface area (Å²) >= 11 is 1.36. The Labute approximate surface area is 368 Å². The number of nitrogens with one attached hydrogen (secondary N) is 1. The normalized spacial score (nSPS) is 29.4. The van der Waals surface area contributed by atoms with E-state index in [1.54, 1.807) is 39.8 Å². The first-order valence-corrected chi connectivity index (χ1v) is 21.2. The molecule has 0 spiro atoms. The van der Waals surface area contributed by atoms with Gasteiger partial charge in [0, 0.05) is 68.2 Å². The summed E-state index contributed by atoms with van der Waals surface area (Å²) in [4.78, 5) is 41.2. The zero-order chi connectivity index (χ0) is 46.2. The minimum atomic E-state index is -2.08. The summed E-state index contributed by atoms with van der Waals surface area (Å²) in [6.45, 7) is 12.4. The van der Waals surface area contributed by atoms with Gasteiger partial charge in [-0.1, -0.05) is 69.4 Å².